The van der Waals surface area contributed by atoms with Crippen LogP contribution in [-0.2, 0) is 6.54 Å². The molecule has 0 fully saturated rings. The van der Waals surface area contributed by atoms with E-state index < -0.39 is 0 Å². The number of H-pyrrole nitrogens is 1. The Bertz CT molecular complexity index is 1010. The minimum absolute atomic E-state index is 0.360. The summed E-state index contributed by atoms with van der Waals surface area (Å²) in [5.41, 5.74) is 3.49. The van der Waals surface area contributed by atoms with Crippen molar-refractivity contribution in [2.45, 2.75) is 6.54 Å². The van der Waals surface area contributed by atoms with Crippen LogP contribution in [-0.4, -0.2) is 30.8 Å². The molecule has 0 bridgehead atoms. The largest absolute Gasteiger partial charge is 0.333 e. The molecule has 0 aliphatic rings. The first kappa shape index (κ1) is 16.5. The highest BCUT2D eigenvalue weighted by molar-refractivity contribution is 5.99. The first-order valence-corrected chi connectivity index (χ1v) is 8.35. The molecule has 8 heteroatoms. The fourth-order valence-corrected chi connectivity index (χ4v) is 2.62. The van der Waals surface area contributed by atoms with Crippen LogP contribution < -0.4 is 10.6 Å². The average molecular weight is 359 g/mol. The summed E-state index contributed by atoms with van der Waals surface area (Å²) < 4.78 is 1.98. The number of amides is 2. The Balaban J connectivity index is 1.35. The van der Waals surface area contributed by atoms with Crippen LogP contribution >= 0.6 is 0 Å². The molecular formula is C19H17N7O. The number of hydrogen-bond donors (Lipinski definition) is 3. The third kappa shape index (κ3) is 4.18. The molecular weight excluding hydrogens is 342 g/mol. The molecule has 134 valence electrons. The number of aromatic amines is 1. The molecule has 0 atom stereocenters. The third-order valence-corrected chi connectivity index (χ3v) is 3.93. The second-order valence-corrected chi connectivity index (χ2v) is 5.92. The standard InChI is InChI=1S/C19H17N7O/c27-19(23-18-10-17(24-25-18)15-2-1-7-20-11-15)22-16-5-3-14(4-6-16)12-26-9-8-21-13-26/h1-11,13H,12H2,(H3,22,23,24,25,27). The zero-order chi connectivity index (χ0) is 18.5. The van der Waals surface area contributed by atoms with Crippen molar-refractivity contribution < 1.29 is 4.79 Å². The van der Waals surface area contributed by atoms with Gasteiger partial charge in [-0.1, -0.05) is 12.1 Å². The van der Waals surface area contributed by atoms with E-state index in [1.165, 1.54) is 0 Å². The molecule has 0 radical (unpaired) electrons. The second-order valence-electron chi connectivity index (χ2n) is 5.92. The van der Waals surface area contributed by atoms with E-state index >= 15 is 0 Å². The van der Waals surface area contributed by atoms with Gasteiger partial charge in [-0.3, -0.25) is 15.4 Å². The molecule has 0 aliphatic carbocycles. The van der Waals surface area contributed by atoms with Gasteiger partial charge in [-0.2, -0.15) is 5.10 Å². The van der Waals surface area contributed by atoms with Crippen LogP contribution in [0.1, 0.15) is 5.56 Å². The van der Waals surface area contributed by atoms with Gasteiger partial charge in [0.15, 0.2) is 5.82 Å². The first-order chi connectivity index (χ1) is 13.3. The lowest BCUT2D eigenvalue weighted by atomic mass is 10.2. The van der Waals surface area contributed by atoms with Crippen LogP contribution in [0.15, 0.2) is 73.6 Å². The van der Waals surface area contributed by atoms with E-state index in [9.17, 15) is 4.79 Å². The molecule has 4 aromatic rings. The summed E-state index contributed by atoms with van der Waals surface area (Å²) in [6.07, 6.45) is 8.84. The fraction of sp³-hybridized carbons (Fsp3) is 0.0526. The summed E-state index contributed by atoms with van der Waals surface area (Å²) in [7, 11) is 0. The van der Waals surface area contributed by atoms with Crippen LogP contribution in [0.2, 0.25) is 0 Å². The molecule has 1 aromatic carbocycles. The van der Waals surface area contributed by atoms with E-state index in [2.05, 4.69) is 30.8 Å². The first-order valence-electron chi connectivity index (χ1n) is 8.35. The number of aromatic nitrogens is 5. The van der Waals surface area contributed by atoms with Crippen LogP contribution in [0.4, 0.5) is 16.3 Å². The summed E-state index contributed by atoms with van der Waals surface area (Å²) in [5.74, 6) is 0.433. The number of urea groups is 1. The normalized spacial score (nSPS) is 10.5. The zero-order valence-corrected chi connectivity index (χ0v) is 14.3. The summed E-state index contributed by atoms with van der Waals surface area (Å²) in [6, 6.07) is 12.8. The number of rotatable bonds is 5. The molecule has 0 spiro atoms. The second kappa shape index (κ2) is 7.52. The third-order valence-electron chi connectivity index (χ3n) is 3.93. The topological polar surface area (TPSA) is 101 Å². The monoisotopic (exact) mass is 359 g/mol. The molecule has 0 saturated carbocycles. The Morgan fingerprint density at radius 3 is 2.70 bits per heavy atom. The lowest BCUT2D eigenvalue weighted by molar-refractivity contribution is 0.262. The van der Waals surface area contributed by atoms with E-state index in [1.54, 1.807) is 31.0 Å². The number of anilines is 2. The Morgan fingerprint density at radius 1 is 1.07 bits per heavy atom. The summed E-state index contributed by atoms with van der Waals surface area (Å²) >= 11 is 0. The summed E-state index contributed by atoms with van der Waals surface area (Å²) in [5, 5.41) is 12.5. The minimum Gasteiger partial charge on any atom is -0.333 e. The van der Waals surface area contributed by atoms with Crippen molar-refractivity contribution in [3.63, 3.8) is 0 Å². The highest BCUT2D eigenvalue weighted by Gasteiger charge is 2.08. The molecule has 2 amide bonds. The number of nitrogens with zero attached hydrogens (tertiary/aromatic N) is 4. The van der Waals surface area contributed by atoms with Crippen LogP contribution in [0, 0.1) is 0 Å². The maximum Gasteiger partial charge on any atom is 0.324 e. The summed E-state index contributed by atoms with van der Waals surface area (Å²) in [6.45, 7) is 0.733. The Hall–Kier alpha value is -3.94. The van der Waals surface area contributed by atoms with Crippen molar-refractivity contribution >= 4 is 17.5 Å². The van der Waals surface area contributed by atoms with Crippen molar-refractivity contribution in [1.82, 2.24) is 24.7 Å². The van der Waals surface area contributed by atoms with Gasteiger partial charge in [0.05, 0.1) is 12.0 Å². The molecule has 0 unspecified atom stereocenters. The van der Waals surface area contributed by atoms with Gasteiger partial charge in [-0.25, -0.2) is 9.78 Å². The molecule has 4 rings (SSSR count). The van der Waals surface area contributed by atoms with Crippen molar-refractivity contribution in [1.29, 1.82) is 0 Å². The van der Waals surface area contributed by atoms with Crippen molar-refractivity contribution in [3.05, 3.63) is 79.1 Å². The SMILES string of the molecule is O=C(Nc1ccc(Cn2ccnc2)cc1)Nc1cc(-c2cccnc2)[nH]n1. The lowest BCUT2D eigenvalue weighted by Gasteiger charge is -2.07. The van der Waals surface area contributed by atoms with Crippen LogP contribution in [0.3, 0.4) is 0 Å². The average Bonchev–Trinajstić information content (AvgIpc) is 3.36. The number of carbonyl (C=O) groups is 1. The van der Waals surface area contributed by atoms with Gasteiger partial charge >= 0.3 is 6.03 Å². The van der Waals surface area contributed by atoms with E-state index in [1.807, 2.05) is 47.2 Å². The van der Waals surface area contributed by atoms with Gasteiger partial charge in [0.2, 0.25) is 0 Å². The van der Waals surface area contributed by atoms with E-state index in [0.717, 1.165) is 23.4 Å². The van der Waals surface area contributed by atoms with Gasteiger partial charge in [0, 0.05) is 48.6 Å². The van der Waals surface area contributed by atoms with Crippen molar-refractivity contribution in [2.75, 3.05) is 10.6 Å². The molecule has 0 saturated heterocycles. The van der Waals surface area contributed by atoms with Crippen LogP contribution in [0.5, 0.6) is 0 Å². The van der Waals surface area contributed by atoms with E-state index in [4.69, 9.17) is 0 Å². The molecule has 27 heavy (non-hydrogen) atoms. The highest BCUT2D eigenvalue weighted by atomic mass is 16.2. The quantitative estimate of drug-likeness (QED) is 0.508. The maximum absolute atomic E-state index is 12.2. The van der Waals surface area contributed by atoms with Crippen molar-refractivity contribution in [3.8, 4) is 11.3 Å². The minimum atomic E-state index is -0.360. The number of carbonyl (C=O) groups excluding carboxylic acids is 1. The van der Waals surface area contributed by atoms with Gasteiger partial charge in [-0.15, -0.1) is 0 Å². The summed E-state index contributed by atoms with van der Waals surface area (Å²) in [4.78, 5) is 20.3. The predicted octanol–water partition coefficient (Wildman–Crippen LogP) is 3.36. The molecule has 8 nitrogen and oxygen atoms in total. The number of hydrogen-bond acceptors (Lipinski definition) is 4. The van der Waals surface area contributed by atoms with Crippen molar-refractivity contribution in [2.24, 2.45) is 0 Å². The van der Waals surface area contributed by atoms with Gasteiger partial charge in [-0.05, 0) is 29.8 Å². The van der Waals surface area contributed by atoms with Gasteiger partial charge in [0.25, 0.3) is 0 Å². The number of benzene rings is 1. The highest BCUT2D eigenvalue weighted by Crippen LogP contribution is 2.18. The van der Waals surface area contributed by atoms with Gasteiger partial charge < -0.3 is 9.88 Å². The number of imidazole rings is 1. The van der Waals surface area contributed by atoms with E-state index in [0.29, 0.717) is 11.5 Å². The molecule has 0 aliphatic heterocycles. The molecule has 3 aromatic heterocycles. The van der Waals surface area contributed by atoms with Crippen LogP contribution in [0.25, 0.3) is 11.3 Å². The predicted molar refractivity (Wildman–Crippen MR) is 102 cm³/mol. The Morgan fingerprint density at radius 2 is 1.96 bits per heavy atom. The smallest absolute Gasteiger partial charge is 0.324 e. The van der Waals surface area contributed by atoms with E-state index in [-0.39, 0.29) is 6.03 Å². The maximum atomic E-state index is 12.2. The number of nitrogens with one attached hydrogen (secondary N) is 3. The lowest BCUT2D eigenvalue weighted by Crippen LogP contribution is -2.19. The number of pyridine rings is 1. The Labute approximate surface area is 155 Å². The van der Waals surface area contributed by atoms with Gasteiger partial charge in [0.1, 0.15) is 0 Å². The Kier molecular flexibility index (Phi) is 4.60. The fourth-order valence-electron chi connectivity index (χ4n) is 2.62. The molecule has 3 N–H and O–H groups in total. The zero-order valence-electron chi connectivity index (χ0n) is 14.3. The molecule has 3 heterocycles.